The molecule has 1 saturated heterocycles. The third-order valence-corrected chi connectivity index (χ3v) is 5.83. The fraction of sp³-hybridized carbons (Fsp3) is 0.318. The van der Waals surface area contributed by atoms with E-state index in [0.29, 0.717) is 11.6 Å². The summed E-state index contributed by atoms with van der Waals surface area (Å²) in [5.74, 6) is 0.326. The maximum atomic E-state index is 14.5. The predicted octanol–water partition coefficient (Wildman–Crippen LogP) is 4.65. The SMILES string of the molecule is CCc1c(-c2cc(F)c3nccn3c2)[nH]c2ccc(C3CCNCC3)cc12. The number of imidazole rings is 1. The maximum absolute atomic E-state index is 14.5. The Morgan fingerprint density at radius 3 is 2.89 bits per heavy atom. The summed E-state index contributed by atoms with van der Waals surface area (Å²) in [7, 11) is 0. The Balaban J connectivity index is 1.65. The second-order valence-corrected chi connectivity index (χ2v) is 7.40. The highest BCUT2D eigenvalue weighted by Gasteiger charge is 2.18. The van der Waals surface area contributed by atoms with Crippen molar-refractivity contribution in [2.24, 2.45) is 0 Å². The average Bonchev–Trinajstić information content (AvgIpc) is 3.32. The lowest BCUT2D eigenvalue weighted by molar-refractivity contribution is 0.460. The van der Waals surface area contributed by atoms with Crippen LogP contribution in [0.3, 0.4) is 0 Å². The molecule has 0 aliphatic carbocycles. The van der Waals surface area contributed by atoms with E-state index in [4.69, 9.17) is 0 Å². The number of benzene rings is 1. The summed E-state index contributed by atoms with van der Waals surface area (Å²) >= 11 is 0. The summed E-state index contributed by atoms with van der Waals surface area (Å²) in [5.41, 5.74) is 6.01. The van der Waals surface area contributed by atoms with Gasteiger partial charge in [-0.3, -0.25) is 0 Å². The largest absolute Gasteiger partial charge is 0.354 e. The van der Waals surface area contributed by atoms with Crippen molar-refractivity contribution in [1.82, 2.24) is 19.7 Å². The minimum absolute atomic E-state index is 0.298. The normalized spacial score (nSPS) is 15.8. The molecular formula is C22H23FN4. The first kappa shape index (κ1) is 16.5. The van der Waals surface area contributed by atoms with Crippen LogP contribution in [0.25, 0.3) is 27.8 Å². The summed E-state index contributed by atoms with van der Waals surface area (Å²) in [6, 6.07) is 8.36. The van der Waals surface area contributed by atoms with Gasteiger partial charge in [0.15, 0.2) is 11.5 Å². The van der Waals surface area contributed by atoms with Gasteiger partial charge in [-0.25, -0.2) is 9.37 Å². The van der Waals surface area contributed by atoms with E-state index in [-0.39, 0.29) is 5.82 Å². The van der Waals surface area contributed by atoms with Gasteiger partial charge in [0.2, 0.25) is 0 Å². The molecule has 5 heteroatoms. The third kappa shape index (κ3) is 2.73. The van der Waals surface area contributed by atoms with Crippen molar-refractivity contribution >= 4 is 16.6 Å². The number of fused-ring (bicyclic) bond motifs is 2. The van der Waals surface area contributed by atoms with Crippen LogP contribution in [0.15, 0.2) is 42.9 Å². The van der Waals surface area contributed by atoms with E-state index in [1.165, 1.54) is 29.4 Å². The average molecular weight is 362 g/mol. The van der Waals surface area contributed by atoms with Crippen molar-refractivity contribution in [2.75, 3.05) is 13.1 Å². The highest BCUT2D eigenvalue weighted by atomic mass is 19.1. The fourth-order valence-electron chi connectivity index (χ4n) is 4.42. The Labute approximate surface area is 157 Å². The second kappa shape index (κ2) is 6.50. The second-order valence-electron chi connectivity index (χ2n) is 7.40. The number of pyridine rings is 1. The maximum Gasteiger partial charge on any atom is 0.173 e. The number of piperidine rings is 1. The van der Waals surface area contributed by atoms with Gasteiger partial charge >= 0.3 is 0 Å². The molecule has 0 spiro atoms. The van der Waals surface area contributed by atoms with Crippen LogP contribution in [0, 0.1) is 5.82 Å². The van der Waals surface area contributed by atoms with Gasteiger partial charge in [-0.05, 0) is 67.6 Å². The lowest BCUT2D eigenvalue weighted by Gasteiger charge is -2.23. The Morgan fingerprint density at radius 1 is 1.22 bits per heavy atom. The van der Waals surface area contributed by atoms with E-state index in [1.54, 1.807) is 22.9 Å². The molecule has 27 heavy (non-hydrogen) atoms. The Kier molecular flexibility index (Phi) is 3.97. The van der Waals surface area contributed by atoms with E-state index in [0.717, 1.165) is 36.3 Å². The van der Waals surface area contributed by atoms with Crippen LogP contribution in [-0.2, 0) is 6.42 Å². The van der Waals surface area contributed by atoms with Gasteiger partial charge in [0.1, 0.15) is 0 Å². The number of halogens is 1. The molecule has 0 saturated carbocycles. The topological polar surface area (TPSA) is 45.1 Å². The number of rotatable bonds is 3. The molecule has 1 fully saturated rings. The first-order valence-corrected chi connectivity index (χ1v) is 9.72. The van der Waals surface area contributed by atoms with E-state index in [1.807, 2.05) is 6.20 Å². The highest BCUT2D eigenvalue weighted by Crippen LogP contribution is 2.35. The van der Waals surface area contributed by atoms with Crippen LogP contribution in [0.4, 0.5) is 4.39 Å². The van der Waals surface area contributed by atoms with Gasteiger partial charge in [-0.2, -0.15) is 0 Å². The summed E-state index contributed by atoms with van der Waals surface area (Å²) in [6.45, 7) is 4.34. The van der Waals surface area contributed by atoms with Gasteiger partial charge in [0, 0.05) is 35.1 Å². The smallest absolute Gasteiger partial charge is 0.173 e. The van der Waals surface area contributed by atoms with Crippen LogP contribution in [0.1, 0.15) is 36.8 Å². The van der Waals surface area contributed by atoms with Gasteiger partial charge in [0.25, 0.3) is 0 Å². The number of hydrogen-bond acceptors (Lipinski definition) is 2. The van der Waals surface area contributed by atoms with Crippen LogP contribution in [0.5, 0.6) is 0 Å². The van der Waals surface area contributed by atoms with Crippen LogP contribution >= 0.6 is 0 Å². The summed E-state index contributed by atoms with van der Waals surface area (Å²) in [4.78, 5) is 7.61. The van der Waals surface area contributed by atoms with Crippen molar-refractivity contribution in [1.29, 1.82) is 0 Å². The number of nitrogens with zero attached hydrogens (tertiary/aromatic N) is 2. The van der Waals surface area contributed by atoms with Crippen molar-refractivity contribution in [2.45, 2.75) is 32.1 Å². The molecule has 0 amide bonds. The first-order valence-electron chi connectivity index (χ1n) is 9.72. The molecule has 0 bridgehead atoms. The van der Waals surface area contributed by atoms with Gasteiger partial charge in [-0.15, -0.1) is 0 Å². The number of nitrogens with one attached hydrogen (secondary N) is 2. The lowest BCUT2D eigenvalue weighted by atomic mass is 9.89. The molecular weight excluding hydrogens is 339 g/mol. The van der Waals surface area contributed by atoms with Crippen molar-refractivity contribution < 1.29 is 4.39 Å². The number of hydrogen-bond donors (Lipinski definition) is 2. The Bertz CT molecular complexity index is 1120. The minimum atomic E-state index is -0.298. The van der Waals surface area contributed by atoms with E-state index >= 15 is 0 Å². The fourth-order valence-corrected chi connectivity index (χ4v) is 4.42. The molecule has 1 aromatic carbocycles. The zero-order valence-corrected chi connectivity index (χ0v) is 15.4. The predicted molar refractivity (Wildman–Crippen MR) is 107 cm³/mol. The number of aromatic amines is 1. The highest BCUT2D eigenvalue weighted by molar-refractivity contribution is 5.91. The zero-order valence-electron chi connectivity index (χ0n) is 15.4. The van der Waals surface area contributed by atoms with Crippen molar-refractivity contribution in [3.05, 3.63) is 59.8 Å². The molecule has 4 heterocycles. The zero-order chi connectivity index (χ0) is 18.4. The molecule has 4 nitrogen and oxygen atoms in total. The Hall–Kier alpha value is -2.66. The summed E-state index contributed by atoms with van der Waals surface area (Å²) < 4.78 is 16.2. The summed E-state index contributed by atoms with van der Waals surface area (Å²) in [5, 5.41) is 4.70. The quantitative estimate of drug-likeness (QED) is 0.557. The third-order valence-electron chi connectivity index (χ3n) is 5.83. The molecule has 3 aromatic heterocycles. The number of aromatic nitrogens is 3. The molecule has 4 aromatic rings. The van der Waals surface area contributed by atoms with Gasteiger partial charge < -0.3 is 14.7 Å². The standard InChI is InChI=1S/C22H23FN4/c1-2-17-18-11-15(14-5-7-24-8-6-14)3-4-20(18)26-21(17)16-12-19(23)22-25-9-10-27(22)13-16/h3-4,9-14,24,26H,2,5-8H2,1H3. The lowest BCUT2D eigenvalue weighted by Crippen LogP contribution is -2.26. The molecule has 2 N–H and O–H groups in total. The van der Waals surface area contributed by atoms with Gasteiger partial charge in [0.05, 0.1) is 5.69 Å². The minimum Gasteiger partial charge on any atom is -0.354 e. The molecule has 0 unspecified atom stereocenters. The molecule has 1 aliphatic heterocycles. The van der Waals surface area contributed by atoms with E-state index < -0.39 is 0 Å². The van der Waals surface area contributed by atoms with E-state index in [9.17, 15) is 4.39 Å². The van der Waals surface area contributed by atoms with E-state index in [2.05, 4.69) is 40.4 Å². The monoisotopic (exact) mass is 362 g/mol. The first-order chi connectivity index (χ1) is 13.2. The number of H-pyrrole nitrogens is 1. The van der Waals surface area contributed by atoms with Crippen LogP contribution < -0.4 is 5.32 Å². The number of aryl methyl sites for hydroxylation is 1. The van der Waals surface area contributed by atoms with Crippen molar-refractivity contribution in [3.8, 4) is 11.3 Å². The Morgan fingerprint density at radius 2 is 2.07 bits per heavy atom. The summed E-state index contributed by atoms with van der Waals surface area (Å²) in [6.07, 6.45) is 8.63. The van der Waals surface area contributed by atoms with Crippen LogP contribution in [0.2, 0.25) is 0 Å². The van der Waals surface area contributed by atoms with Crippen molar-refractivity contribution in [3.63, 3.8) is 0 Å². The molecule has 138 valence electrons. The molecule has 1 aliphatic rings. The molecule has 0 atom stereocenters. The molecule has 5 rings (SSSR count). The molecule has 0 radical (unpaired) electrons. The van der Waals surface area contributed by atoms with Crippen LogP contribution in [-0.4, -0.2) is 27.5 Å². The van der Waals surface area contributed by atoms with Gasteiger partial charge in [-0.1, -0.05) is 13.0 Å².